The standard InChI is InChI=1S/C8H18N2O/c1-5-6-7(10-9-4)8(2,3)11/h6,9-11H,5H2,1-4H3/b7-6+. The fourth-order valence-electron chi connectivity index (χ4n) is 0.793. The maximum absolute atomic E-state index is 9.57. The van der Waals surface area contributed by atoms with Gasteiger partial charge in [-0.05, 0) is 20.3 Å². The third-order valence-corrected chi connectivity index (χ3v) is 1.33. The Labute approximate surface area is 68.5 Å². The second kappa shape index (κ2) is 4.36. The van der Waals surface area contributed by atoms with Crippen LogP contribution in [0.5, 0.6) is 0 Å². The molecule has 0 amide bonds. The first kappa shape index (κ1) is 10.5. The largest absolute Gasteiger partial charge is 0.384 e. The van der Waals surface area contributed by atoms with E-state index in [0.717, 1.165) is 12.1 Å². The summed E-state index contributed by atoms with van der Waals surface area (Å²) in [5, 5.41) is 9.57. The lowest BCUT2D eigenvalue weighted by molar-refractivity contribution is 0.109. The summed E-state index contributed by atoms with van der Waals surface area (Å²) in [6.07, 6.45) is 2.87. The van der Waals surface area contributed by atoms with Gasteiger partial charge in [0.15, 0.2) is 0 Å². The first-order valence-corrected chi connectivity index (χ1v) is 3.88. The molecular weight excluding hydrogens is 140 g/mol. The zero-order valence-corrected chi connectivity index (χ0v) is 7.73. The van der Waals surface area contributed by atoms with E-state index in [1.54, 1.807) is 20.9 Å². The van der Waals surface area contributed by atoms with E-state index in [2.05, 4.69) is 10.9 Å². The summed E-state index contributed by atoms with van der Waals surface area (Å²) in [6.45, 7) is 5.53. The minimum Gasteiger partial charge on any atom is -0.384 e. The third-order valence-electron chi connectivity index (χ3n) is 1.33. The molecule has 0 bridgehead atoms. The Bertz CT molecular complexity index is 136. The summed E-state index contributed by atoms with van der Waals surface area (Å²) < 4.78 is 0. The smallest absolute Gasteiger partial charge is 0.0994 e. The van der Waals surface area contributed by atoms with E-state index in [1.807, 2.05) is 13.0 Å². The van der Waals surface area contributed by atoms with Crippen molar-refractivity contribution < 1.29 is 5.11 Å². The molecule has 0 fully saturated rings. The van der Waals surface area contributed by atoms with Gasteiger partial charge in [0.05, 0.1) is 11.3 Å². The zero-order chi connectivity index (χ0) is 8.91. The summed E-state index contributed by atoms with van der Waals surface area (Å²) in [5.41, 5.74) is 5.68. The van der Waals surface area contributed by atoms with Crippen molar-refractivity contribution >= 4 is 0 Å². The number of hydrogen-bond donors (Lipinski definition) is 3. The van der Waals surface area contributed by atoms with E-state index in [9.17, 15) is 5.11 Å². The molecule has 0 aromatic heterocycles. The van der Waals surface area contributed by atoms with Crippen LogP contribution in [-0.2, 0) is 0 Å². The molecule has 0 spiro atoms. The molecule has 0 aliphatic rings. The molecule has 0 aromatic rings. The Morgan fingerprint density at radius 1 is 1.55 bits per heavy atom. The lowest BCUT2D eigenvalue weighted by Crippen LogP contribution is -2.38. The van der Waals surface area contributed by atoms with Crippen molar-refractivity contribution in [2.45, 2.75) is 32.8 Å². The van der Waals surface area contributed by atoms with Crippen LogP contribution in [0.2, 0.25) is 0 Å². The maximum Gasteiger partial charge on any atom is 0.0994 e. The van der Waals surface area contributed by atoms with Gasteiger partial charge in [-0.3, -0.25) is 0 Å². The average Bonchev–Trinajstić information content (AvgIpc) is 1.85. The summed E-state index contributed by atoms with van der Waals surface area (Å²) in [4.78, 5) is 0. The van der Waals surface area contributed by atoms with Gasteiger partial charge in [-0.15, -0.1) is 0 Å². The highest BCUT2D eigenvalue weighted by Gasteiger charge is 2.17. The van der Waals surface area contributed by atoms with Crippen molar-refractivity contribution in [1.29, 1.82) is 0 Å². The Balaban J connectivity index is 4.22. The van der Waals surface area contributed by atoms with Gasteiger partial charge in [0.2, 0.25) is 0 Å². The monoisotopic (exact) mass is 158 g/mol. The Kier molecular flexibility index (Phi) is 4.15. The molecule has 66 valence electrons. The second-order valence-corrected chi connectivity index (χ2v) is 2.96. The third kappa shape index (κ3) is 4.01. The highest BCUT2D eigenvalue weighted by atomic mass is 16.3. The van der Waals surface area contributed by atoms with Gasteiger partial charge in [-0.25, -0.2) is 5.43 Å². The van der Waals surface area contributed by atoms with Gasteiger partial charge in [-0.2, -0.15) is 0 Å². The first-order valence-electron chi connectivity index (χ1n) is 3.88. The topological polar surface area (TPSA) is 44.3 Å². The van der Waals surface area contributed by atoms with E-state index in [4.69, 9.17) is 0 Å². The van der Waals surface area contributed by atoms with Crippen molar-refractivity contribution in [3.05, 3.63) is 11.8 Å². The van der Waals surface area contributed by atoms with Crippen molar-refractivity contribution in [3.8, 4) is 0 Å². The fraction of sp³-hybridized carbons (Fsp3) is 0.750. The molecule has 0 unspecified atom stereocenters. The second-order valence-electron chi connectivity index (χ2n) is 2.96. The van der Waals surface area contributed by atoms with Gasteiger partial charge in [0.25, 0.3) is 0 Å². The van der Waals surface area contributed by atoms with Crippen LogP contribution in [-0.4, -0.2) is 17.8 Å². The minimum atomic E-state index is -0.793. The molecule has 0 saturated carbocycles. The van der Waals surface area contributed by atoms with Gasteiger partial charge >= 0.3 is 0 Å². The van der Waals surface area contributed by atoms with Crippen LogP contribution in [0.15, 0.2) is 11.8 Å². The number of rotatable bonds is 4. The van der Waals surface area contributed by atoms with E-state index in [-0.39, 0.29) is 0 Å². The molecule has 0 aliphatic carbocycles. The minimum absolute atomic E-state index is 0.793. The van der Waals surface area contributed by atoms with E-state index < -0.39 is 5.60 Å². The number of nitrogens with one attached hydrogen (secondary N) is 2. The average molecular weight is 158 g/mol. The molecule has 0 atom stereocenters. The van der Waals surface area contributed by atoms with Crippen LogP contribution in [0.3, 0.4) is 0 Å². The summed E-state index contributed by atoms with van der Waals surface area (Å²) >= 11 is 0. The van der Waals surface area contributed by atoms with Crippen LogP contribution in [0.4, 0.5) is 0 Å². The Hall–Kier alpha value is -0.540. The van der Waals surface area contributed by atoms with Crippen molar-refractivity contribution in [3.63, 3.8) is 0 Å². The molecule has 0 aromatic carbocycles. The fourth-order valence-corrected chi connectivity index (χ4v) is 0.793. The number of hydrogen-bond acceptors (Lipinski definition) is 3. The van der Waals surface area contributed by atoms with E-state index >= 15 is 0 Å². The Morgan fingerprint density at radius 3 is 2.36 bits per heavy atom. The van der Waals surface area contributed by atoms with Crippen LogP contribution >= 0.6 is 0 Å². The van der Waals surface area contributed by atoms with Gasteiger partial charge in [-0.1, -0.05) is 13.0 Å². The van der Waals surface area contributed by atoms with Gasteiger partial charge < -0.3 is 10.5 Å². The normalized spacial score (nSPS) is 13.4. The summed E-state index contributed by atoms with van der Waals surface area (Å²) in [6, 6.07) is 0. The quantitative estimate of drug-likeness (QED) is 0.530. The lowest BCUT2D eigenvalue weighted by Gasteiger charge is -2.22. The van der Waals surface area contributed by atoms with E-state index in [0.29, 0.717) is 0 Å². The highest BCUT2D eigenvalue weighted by Crippen LogP contribution is 2.11. The molecule has 0 radical (unpaired) electrons. The van der Waals surface area contributed by atoms with Gasteiger partial charge in [0.1, 0.15) is 0 Å². The molecule has 3 heteroatoms. The van der Waals surface area contributed by atoms with Crippen molar-refractivity contribution in [1.82, 2.24) is 10.9 Å². The summed E-state index contributed by atoms with van der Waals surface area (Å²) in [7, 11) is 1.77. The predicted molar refractivity (Wildman–Crippen MR) is 46.9 cm³/mol. The molecule has 3 N–H and O–H groups in total. The molecule has 0 heterocycles. The molecule has 0 rings (SSSR count). The maximum atomic E-state index is 9.57. The number of aliphatic hydroxyl groups is 1. The van der Waals surface area contributed by atoms with Crippen LogP contribution in [0.25, 0.3) is 0 Å². The van der Waals surface area contributed by atoms with Crippen molar-refractivity contribution in [2.24, 2.45) is 0 Å². The SMILES string of the molecule is CC/C=C(/NNC)C(C)(C)O. The summed E-state index contributed by atoms with van der Waals surface area (Å²) in [5.74, 6) is 0. The van der Waals surface area contributed by atoms with Crippen LogP contribution in [0, 0.1) is 0 Å². The molecule has 0 aliphatic heterocycles. The Morgan fingerprint density at radius 2 is 2.09 bits per heavy atom. The van der Waals surface area contributed by atoms with E-state index in [1.165, 1.54) is 0 Å². The molecule has 0 saturated heterocycles. The first-order chi connectivity index (χ1) is 5.02. The highest BCUT2D eigenvalue weighted by molar-refractivity contribution is 5.10. The number of allylic oxidation sites excluding steroid dienone is 1. The predicted octanol–water partition coefficient (Wildman–Crippen LogP) is 0.775. The van der Waals surface area contributed by atoms with Crippen molar-refractivity contribution in [2.75, 3.05) is 7.05 Å². The zero-order valence-electron chi connectivity index (χ0n) is 7.73. The van der Waals surface area contributed by atoms with Crippen LogP contribution < -0.4 is 10.9 Å². The molecule has 3 nitrogen and oxygen atoms in total. The molecular formula is C8H18N2O. The van der Waals surface area contributed by atoms with Gasteiger partial charge in [0, 0.05) is 7.05 Å². The lowest BCUT2D eigenvalue weighted by atomic mass is 10.1. The molecule has 11 heavy (non-hydrogen) atoms. The van der Waals surface area contributed by atoms with Crippen LogP contribution in [0.1, 0.15) is 27.2 Å². The number of hydrazine groups is 1.